The van der Waals surface area contributed by atoms with Crippen LogP contribution in [0, 0.1) is 5.92 Å². The quantitative estimate of drug-likeness (QED) is 0.0283. The number of ether oxygens (including phenoxy) is 2. The molecule has 2 unspecified atom stereocenters. The Kier molecular flexibility index (Phi) is 36.3. The zero-order valence-electron chi connectivity index (χ0n) is 45.8. The van der Waals surface area contributed by atoms with Crippen LogP contribution in [0.3, 0.4) is 0 Å². The molecule has 418 valence electrons. The minimum atomic E-state index is -4.71. The lowest BCUT2D eigenvalue weighted by molar-refractivity contribution is -0.255. The lowest BCUT2D eigenvalue weighted by Crippen LogP contribution is -2.66. The number of para-hydroxylation sites is 2. The van der Waals surface area contributed by atoms with Crippen LogP contribution in [0.1, 0.15) is 245 Å². The number of hydrogen-bond acceptors (Lipinski definition) is 11. The lowest BCUT2D eigenvalue weighted by atomic mass is 9.91. The average molecular weight is 1040 g/mol. The van der Waals surface area contributed by atoms with Crippen molar-refractivity contribution in [1.82, 2.24) is 5.32 Å². The van der Waals surface area contributed by atoms with Crippen molar-refractivity contribution in [1.29, 1.82) is 0 Å². The molecule has 13 heteroatoms. The Balaban J connectivity index is 1.77. The third kappa shape index (κ3) is 29.8. The second kappa shape index (κ2) is 41.2. The number of hydrogen-bond donors (Lipinski definition) is 4. The van der Waals surface area contributed by atoms with E-state index < -0.39 is 63.1 Å². The molecule has 1 fully saturated rings. The summed E-state index contributed by atoms with van der Waals surface area (Å²) in [7, 11) is -4.71. The molecule has 3 rings (SSSR count). The summed E-state index contributed by atoms with van der Waals surface area (Å²) in [5.41, 5.74) is 0. The van der Waals surface area contributed by atoms with E-state index in [1.54, 1.807) is 60.7 Å². The van der Waals surface area contributed by atoms with Crippen molar-refractivity contribution in [2.24, 2.45) is 5.92 Å². The minimum absolute atomic E-state index is 0.0383. The molecule has 1 saturated heterocycles. The third-order valence-corrected chi connectivity index (χ3v) is 15.7. The maximum absolute atomic E-state index is 14.9. The van der Waals surface area contributed by atoms with Gasteiger partial charge in [0.1, 0.15) is 29.7 Å². The lowest BCUT2D eigenvalue weighted by Gasteiger charge is -2.44. The molecule has 4 N–H and O–H groups in total. The molecule has 1 aliphatic rings. The molecule has 1 amide bonds. The van der Waals surface area contributed by atoms with Crippen molar-refractivity contribution in [3.8, 4) is 11.5 Å². The van der Waals surface area contributed by atoms with Crippen molar-refractivity contribution >= 4 is 19.7 Å². The smallest absolute Gasteiger partial charge is 0.457 e. The van der Waals surface area contributed by atoms with Crippen molar-refractivity contribution in [2.75, 3.05) is 6.61 Å². The van der Waals surface area contributed by atoms with Gasteiger partial charge in [0.25, 0.3) is 0 Å². The summed E-state index contributed by atoms with van der Waals surface area (Å²) >= 11 is 0. The molecule has 1 aliphatic heterocycles. The fraction of sp³-hybridized carbons (Fsp3) is 0.767. The molecule has 12 nitrogen and oxygen atoms in total. The van der Waals surface area contributed by atoms with E-state index in [1.165, 1.54) is 135 Å². The van der Waals surface area contributed by atoms with Gasteiger partial charge in [-0.25, -0.2) is 4.57 Å². The second-order valence-electron chi connectivity index (χ2n) is 21.0. The number of aliphatic hydroxyl groups is 3. The normalized spacial score (nSPS) is 18.8. The zero-order valence-corrected chi connectivity index (χ0v) is 46.7. The highest BCUT2D eigenvalue weighted by atomic mass is 31.2. The monoisotopic (exact) mass is 1040 g/mol. The van der Waals surface area contributed by atoms with E-state index in [0.717, 1.165) is 70.6 Å². The molecular formula is C60H102NO11P. The third-order valence-electron chi connectivity index (χ3n) is 14.3. The molecule has 0 radical (unpaired) electrons. The van der Waals surface area contributed by atoms with Crippen molar-refractivity contribution in [3.63, 3.8) is 0 Å². The Bertz CT molecular complexity index is 1640. The maximum Gasteiger partial charge on any atom is 0.588 e. The molecule has 0 aromatic heterocycles. The van der Waals surface area contributed by atoms with E-state index in [-0.39, 0.29) is 30.3 Å². The molecule has 2 aromatic rings. The van der Waals surface area contributed by atoms with Gasteiger partial charge in [-0.1, -0.05) is 250 Å². The first-order valence-corrected chi connectivity index (χ1v) is 31.0. The van der Waals surface area contributed by atoms with Gasteiger partial charge >= 0.3 is 13.8 Å². The first-order valence-electron chi connectivity index (χ1n) is 29.5. The number of nitrogens with one attached hydrogen (secondary N) is 1. The summed E-state index contributed by atoms with van der Waals surface area (Å²) in [4.78, 5) is 28.1. The van der Waals surface area contributed by atoms with Crippen molar-refractivity contribution < 1.29 is 52.5 Å². The van der Waals surface area contributed by atoms with Crippen LogP contribution < -0.4 is 14.4 Å². The van der Waals surface area contributed by atoms with Crippen LogP contribution in [-0.2, 0) is 28.2 Å². The number of amides is 1. The van der Waals surface area contributed by atoms with E-state index in [2.05, 4.69) is 26.1 Å². The fourth-order valence-corrected chi connectivity index (χ4v) is 11.4. The maximum atomic E-state index is 14.9. The Morgan fingerprint density at radius 1 is 0.562 bits per heavy atom. The Hall–Kier alpha value is -2.99. The summed E-state index contributed by atoms with van der Waals surface area (Å²) < 4.78 is 45.2. The summed E-state index contributed by atoms with van der Waals surface area (Å²) in [6, 6.07) is 15.2. The Morgan fingerprint density at radius 2 is 0.945 bits per heavy atom. The van der Waals surface area contributed by atoms with Crippen LogP contribution in [0.5, 0.6) is 11.5 Å². The summed E-state index contributed by atoms with van der Waals surface area (Å²) in [5.74, 6) is -0.811. The topological polar surface area (TPSA) is 170 Å². The zero-order chi connectivity index (χ0) is 52.6. The predicted octanol–water partition coefficient (Wildman–Crippen LogP) is 15.4. The number of unbranched alkanes of at least 4 members (excludes halogenated alkanes) is 27. The summed E-state index contributed by atoms with van der Waals surface area (Å²) in [6.07, 6.45) is 30.8. The largest absolute Gasteiger partial charge is 0.588 e. The number of carbonyl (C=O) groups excluding carboxylic acids is 2. The van der Waals surface area contributed by atoms with Gasteiger partial charge in [-0.15, -0.1) is 0 Å². The highest BCUT2D eigenvalue weighted by Gasteiger charge is 2.53. The molecule has 0 saturated carbocycles. The van der Waals surface area contributed by atoms with Crippen LogP contribution in [0.2, 0.25) is 0 Å². The average Bonchev–Trinajstić information content (AvgIpc) is 3.37. The molecular weight excluding hydrogens is 942 g/mol. The number of esters is 1. The number of aliphatic hydroxyl groups excluding tert-OH is 3. The summed E-state index contributed by atoms with van der Waals surface area (Å²) in [6.45, 7) is 5.96. The van der Waals surface area contributed by atoms with Crippen molar-refractivity contribution in [2.45, 2.75) is 282 Å². The van der Waals surface area contributed by atoms with Crippen LogP contribution in [-0.4, -0.2) is 70.6 Å². The fourth-order valence-electron chi connectivity index (χ4n) is 9.97. The number of rotatable bonds is 46. The van der Waals surface area contributed by atoms with E-state index in [0.29, 0.717) is 6.42 Å². The highest BCUT2D eigenvalue weighted by Crippen LogP contribution is 2.52. The van der Waals surface area contributed by atoms with E-state index >= 15 is 0 Å². The SMILES string of the molecule is CCCCCCCCCCCCCCCCC(CCCCCCCCC)CC(=O)O[C@H]1[C@H](OP(=O)(Oc2ccccc2)Oc2ccccc2)[C@@H](CO)OC(O)[C@@H]1NC(=O)C[C@H](O)CCCCCCCCCCC. The van der Waals surface area contributed by atoms with E-state index in [4.69, 9.17) is 23.0 Å². The van der Waals surface area contributed by atoms with Gasteiger partial charge in [0.15, 0.2) is 12.4 Å². The second-order valence-corrected chi connectivity index (χ2v) is 22.4. The Labute approximate surface area is 442 Å². The number of phosphoric ester groups is 1. The first kappa shape index (κ1) is 64.3. The number of benzene rings is 2. The molecule has 7 atom stereocenters. The number of carbonyl (C=O) groups is 2. The van der Waals surface area contributed by atoms with Crippen LogP contribution >= 0.6 is 7.82 Å². The van der Waals surface area contributed by atoms with Crippen molar-refractivity contribution in [3.05, 3.63) is 60.7 Å². The van der Waals surface area contributed by atoms with E-state index in [1.807, 2.05) is 0 Å². The van der Waals surface area contributed by atoms with Gasteiger partial charge in [-0.05, 0) is 49.4 Å². The first-order chi connectivity index (χ1) is 35.6. The number of phosphoric acid groups is 1. The van der Waals surface area contributed by atoms with Gasteiger partial charge in [0.2, 0.25) is 5.91 Å². The van der Waals surface area contributed by atoms with Crippen LogP contribution in [0.4, 0.5) is 0 Å². The van der Waals surface area contributed by atoms with Gasteiger partial charge in [0, 0.05) is 6.42 Å². The molecule has 0 spiro atoms. The molecule has 1 heterocycles. The minimum Gasteiger partial charge on any atom is -0.457 e. The Morgan fingerprint density at radius 3 is 1.34 bits per heavy atom. The molecule has 0 bridgehead atoms. The van der Waals surface area contributed by atoms with Crippen LogP contribution in [0.25, 0.3) is 0 Å². The highest BCUT2D eigenvalue weighted by molar-refractivity contribution is 7.49. The van der Waals surface area contributed by atoms with Crippen LogP contribution in [0.15, 0.2) is 60.7 Å². The molecule has 73 heavy (non-hydrogen) atoms. The van der Waals surface area contributed by atoms with Gasteiger partial charge in [-0.3, -0.25) is 14.1 Å². The molecule has 0 aliphatic carbocycles. The molecule has 2 aromatic carbocycles. The standard InChI is InChI=1S/C60H102NO11P/c1-4-7-10-13-16-18-19-20-21-22-24-26-29-34-41-50(40-33-28-25-15-12-9-6-3)47-56(65)69-59-57(61-55(64)48-51(63)42-35-30-27-23-17-14-11-8-5-2)60(66)68-54(49-62)58(59)72-73(67,70-52-43-36-31-37-44-52)71-53-45-38-32-39-46-53/h31-32,36-39,43-46,50-51,54,57-60,62-63,66H,4-30,33-35,40-42,47-49H2,1-3H3,(H,61,64)/t50?,51-,54-,57-,58-,59-,60?/m1/s1. The summed E-state index contributed by atoms with van der Waals surface area (Å²) in [5, 5.41) is 36.0. The van der Waals surface area contributed by atoms with Gasteiger partial charge in [-0.2, -0.15) is 0 Å². The van der Waals surface area contributed by atoms with Gasteiger partial charge in [0.05, 0.1) is 19.1 Å². The predicted molar refractivity (Wildman–Crippen MR) is 295 cm³/mol. The van der Waals surface area contributed by atoms with Gasteiger partial charge < -0.3 is 39.2 Å². The van der Waals surface area contributed by atoms with E-state index in [9.17, 15) is 29.5 Å².